The van der Waals surface area contributed by atoms with Crippen LogP contribution in [0.1, 0.15) is 34.5 Å². The molecule has 1 aliphatic heterocycles. The molecule has 1 amide bonds. The number of alkyl halides is 6. The van der Waals surface area contributed by atoms with E-state index in [9.17, 15) is 31.1 Å². The largest absolute Gasteiger partial charge is 0.490 e. The van der Waals surface area contributed by atoms with Crippen molar-refractivity contribution in [1.29, 1.82) is 0 Å². The van der Waals surface area contributed by atoms with Gasteiger partial charge in [-0.2, -0.15) is 26.3 Å². The predicted octanol–water partition coefficient (Wildman–Crippen LogP) is 2.90. The van der Waals surface area contributed by atoms with E-state index in [0.29, 0.717) is 5.56 Å². The molecule has 0 saturated heterocycles. The smallest absolute Gasteiger partial charge is 0.475 e. The van der Waals surface area contributed by atoms with Gasteiger partial charge in [-0.3, -0.25) is 4.79 Å². The fourth-order valence-electron chi connectivity index (χ4n) is 2.85. The van der Waals surface area contributed by atoms with Gasteiger partial charge in [-0.1, -0.05) is 0 Å². The number of nitrogens with zero attached hydrogens (tertiary/aromatic N) is 3. The van der Waals surface area contributed by atoms with Crippen molar-refractivity contribution in [2.24, 2.45) is 5.92 Å². The van der Waals surface area contributed by atoms with Crippen LogP contribution in [-0.2, 0) is 22.4 Å². The zero-order chi connectivity index (χ0) is 27.8. The van der Waals surface area contributed by atoms with E-state index in [4.69, 9.17) is 24.8 Å². The zero-order valence-corrected chi connectivity index (χ0v) is 19.8. The summed E-state index contributed by atoms with van der Waals surface area (Å²) in [6.45, 7) is 2.99. The standard InChI is InChI=1S/C17H26N4O.2C2HF3O2/c1-20(2)17(22)14-10-13-6-8-21(3)9-7-15(13)19-16(14)18-11-12-4-5-12;2*3-2(4,5)1(6)7/h10,12H,4-9,11H2,1-3H3,(H,18,19);2*(H,6,7). The molecule has 0 spiro atoms. The summed E-state index contributed by atoms with van der Waals surface area (Å²) in [7, 11) is 5.74. The highest BCUT2D eigenvalue weighted by Gasteiger charge is 2.38. The minimum absolute atomic E-state index is 0.0335. The average molecular weight is 530 g/mol. The predicted molar refractivity (Wildman–Crippen MR) is 116 cm³/mol. The summed E-state index contributed by atoms with van der Waals surface area (Å²) in [4.78, 5) is 39.1. The number of carbonyl (C=O) groups is 3. The summed E-state index contributed by atoms with van der Waals surface area (Å²) in [6, 6.07) is 2.07. The fourth-order valence-corrected chi connectivity index (χ4v) is 2.85. The first-order valence-electron chi connectivity index (χ1n) is 10.7. The molecule has 2 heterocycles. The number of halogens is 6. The van der Waals surface area contributed by atoms with Crippen molar-refractivity contribution in [3.8, 4) is 0 Å². The number of fused-ring (bicyclic) bond motifs is 1. The van der Waals surface area contributed by atoms with Crippen molar-refractivity contribution in [2.45, 2.75) is 38.0 Å². The molecule has 1 fully saturated rings. The van der Waals surface area contributed by atoms with E-state index in [1.807, 2.05) is 0 Å². The van der Waals surface area contributed by atoms with Crippen LogP contribution in [0.3, 0.4) is 0 Å². The topological polar surface area (TPSA) is 123 Å². The second-order valence-electron chi connectivity index (χ2n) is 8.42. The molecular formula is C21H28F6N4O5. The van der Waals surface area contributed by atoms with Crippen LogP contribution < -0.4 is 5.32 Å². The number of carboxylic acid groups (broad SMARTS) is 2. The van der Waals surface area contributed by atoms with Gasteiger partial charge >= 0.3 is 24.3 Å². The molecule has 0 unspecified atom stereocenters. The number of pyridine rings is 1. The minimum atomic E-state index is -5.08. The minimum Gasteiger partial charge on any atom is -0.475 e. The van der Waals surface area contributed by atoms with E-state index in [-0.39, 0.29) is 5.91 Å². The molecule has 2 aliphatic rings. The van der Waals surface area contributed by atoms with Crippen LogP contribution in [-0.4, -0.2) is 96.0 Å². The highest BCUT2D eigenvalue weighted by Crippen LogP contribution is 2.30. The van der Waals surface area contributed by atoms with Gasteiger partial charge in [-0.25, -0.2) is 14.6 Å². The Morgan fingerprint density at radius 2 is 1.50 bits per heavy atom. The van der Waals surface area contributed by atoms with Gasteiger partial charge in [0.2, 0.25) is 0 Å². The third kappa shape index (κ3) is 10.7. The van der Waals surface area contributed by atoms with E-state index in [0.717, 1.165) is 49.9 Å². The maximum atomic E-state index is 12.5. The molecule has 15 heteroatoms. The van der Waals surface area contributed by atoms with Crippen molar-refractivity contribution in [3.05, 3.63) is 22.9 Å². The first kappa shape index (κ1) is 30.9. The number of carboxylic acids is 2. The molecule has 0 aromatic carbocycles. The third-order valence-corrected chi connectivity index (χ3v) is 5.06. The van der Waals surface area contributed by atoms with E-state index in [1.165, 1.54) is 18.4 Å². The quantitative estimate of drug-likeness (QED) is 0.508. The molecule has 1 aliphatic carbocycles. The number of hydrogen-bond donors (Lipinski definition) is 3. The lowest BCUT2D eigenvalue weighted by molar-refractivity contribution is -0.193. The molecule has 36 heavy (non-hydrogen) atoms. The number of likely N-dealkylation sites (N-methyl/N-ethyl adjacent to an activating group) is 1. The maximum Gasteiger partial charge on any atom is 0.490 e. The lowest BCUT2D eigenvalue weighted by Crippen LogP contribution is -2.24. The molecule has 3 N–H and O–H groups in total. The van der Waals surface area contributed by atoms with Crippen molar-refractivity contribution < 1.29 is 50.9 Å². The van der Waals surface area contributed by atoms with E-state index >= 15 is 0 Å². The van der Waals surface area contributed by atoms with Gasteiger partial charge in [-0.05, 0) is 43.9 Å². The monoisotopic (exact) mass is 530 g/mol. The number of carbonyl (C=O) groups excluding carboxylic acids is 1. The Bertz CT molecular complexity index is 909. The second-order valence-corrected chi connectivity index (χ2v) is 8.42. The molecule has 0 bridgehead atoms. The Morgan fingerprint density at radius 1 is 1.03 bits per heavy atom. The summed E-state index contributed by atoms with van der Waals surface area (Å²) in [6.07, 6.45) is -5.66. The zero-order valence-electron chi connectivity index (χ0n) is 19.8. The average Bonchev–Trinajstić information content (AvgIpc) is 3.59. The molecule has 0 radical (unpaired) electrons. The van der Waals surface area contributed by atoms with Gasteiger partial charge in [0.15, 0.2) is 0 Å². The molecular weight excluding hydrogens is 502 g/mol. The Balaban J connectivity index is 0.000000383. The van der Waals surface area contributed by atoms with Crippen LogP contribution in [0.15, 0.2) is 6.07 Å². The first-order chi connectivity index (χ1) is 16.4. The molecule has 204 valence electrons. The Hall–Kier alpha value is -3.10. The van der Waals surface area contributed by atoms with Crippen molar-refractivity contribution in [1.82, 2.24) is 14.8 Å². The van der Waals surface area contributed by atoms with Crippen LogP contribution in [0.5, 0.6) is 0 Å². The molecule has 3 rings (SSSR count). The van der Waals surface area contributed by atoms with Crippen molar-refractivity contribution in [3.63, 3.8) is 0 Å². The van der Waals surface area contributed by atoms with E-state index in [2.05, 4.69) is 23.3 Å². The van der Waals surface area contributed by atoms with Crippen LogP contribution in [0.2, 0.25) is 0 Å². The number of aliphatic carboxylic acids is 2. The molecule has 1 aromatic heterocycles. The van der Waals surface area contributed by atoms with Crippen molar-refractivity contribution in [2.75, 3.05) is 46.1 Å². The van der Waals surface area contributed by atoms with Crippen LogP contribution in [0.4, 0.5) is 32.2 Å². The number of nitrogens with one attached hydrogen (secondary N) is 1. The fraction of sp³-hybridized carbons (Fsp3) is 0.619. The highest BCUT2D eigenvalue weighted by molar-refractivity contribution is 5.98. The van der Waals surface area contributed by atoms with Crippen LogP contribution in [0.25, 0.3) is 0 Å². The van der Waals surface area contributed by atoms with Gasteiger partial charge in [0.1, 0.15) is 5.82 Å². The highest BCUT2D eigenvalue weighted by atomic mass is 19.4. The SMILES string of the molecule is CN1CCc2cc(C(=O)N(C)C)c(NCC3CC3)nc2CC1.O=C(O)C(F)(F)F.O=C(O)C(F)(F)F. The Kier molecular flexibility index (Phi) is 10.9. The summed E-state index contributed by atoms with van der Waals surface area (Å²) < 4.78 is 63.5. The second kappa shape index (κ2) is 12.7. The summed E-state index contributed by atoms with van der Waals surface area (Å²) in [5, 5.41) is 17.7. The molecule has 9 nitrogen and oxygen atoms in total. The van der Waals surface area contributed by atoms with Crippen molar-refractivity contribution >= 4 is 23.7 Å². The number of aromatic nitrogens is 1. The third-order valence-electron chi connectivity index (χ3n) is 5.06. The van der Waals surface area contributed by atoms with Crippen LogP contribution in [0, 0.1) is 5.92 Å². The summed E-state index contributed by atoms with van der Waals surface area (Å²) >= 11 is 0. The van der Waals surface area contributed by atoms with Gasteiger partial charge in [0, 0.05) is 45.8 Å². The first-order valence-corrected chi connectivity index (χ1v) is 10.7. The lowest BCUT2D eigenvalue weighted by atomic mass is 10.0. The Labute approximate surface area is 203 Å². The molecule has 1 saturated carbocycles. The van der Waals surface area contributed by atoms with E-state index < -0.39 is 24.3 Å². The maximum absolute atomic E-state index is 12.5. The summed E-state index contributed by atoms with van der Waals surface area (Å²) in [5.41, 5.74) is 3.10. The normalized spacial score (nSPS) is 15.7. The number of hydrogen-bond acceptors (Lipinski definition) is 6. The number of anilines is 1. The van der Waals surface area contributed by atoms with Gasteiger partial charge in [0.25, 0.3) is 5.91 Å². The Morgan fingerprint density at radius 3 is 1.92 bits per heavy atom. The van der Waals surface area contributed by atoms with E-state index in [1.54, 1.807) is 19.0 Å². The molecule has 1 aromatic rings. The number of rotatable bonds is 4. The number of amides is 1. The summed E-state index contributed by atoms with van der Waals surface area (Å²) in [5.74, 6) is -3.95. The van der Waals surface area contributed by atoms with Crippen LogP contribution >= 0.6 is 0 Å². The van der Waals surface area contributed by atoms with Gasteiger partial charge in [0.05, 0.1) is 5.56 Å². The lowest BCUT2D eigenvalue weighted by Gasteiger charge is -2.17. The van der Waals surface area contributed by atoms with Gasteiger partial charge in [-0.15, -0.1) is 0 Å². The van der Waals surface area contributed by atoms with Gasteiger partial charge < -0.3 is 25.3 Å². The molecule has 0 atom stereocenters.